The Bertz CT molecular complexity index is 718. The van der Waals surface area contributed by atoms with E-state index in [1.165, 1.54) is 0 Å². The molecule has 1 unspecified atom stereocenters. The van der Waals surface area contributed by atoms with Crippen LogP contribution in [0.2, 0.25) is 5.15 Å². The fourth-order valence-corrected chi connectivity index (χ4v) is 3.02. The molecule has 0 spiro atoms. The van der Waals surface area contributed by atoms with Gasteiger partial charge >= 0.3 is 0 Å². The van der Waals surface area contributed by atoms with E-state index in [2.05, 4.69) is 4.98 Å². The fourth-order valence-electron chi connectivity index (χ4n) is 2.82. The molecule has 0 bridgehead atoms. The van der Waals surface area contributed by atoms with Gasteiger partial charge in [0.2, 0.25) is 5.88 Å². The van der Waals surface area contributed by atoms with Gasteiger partial charge in [-0.1, -0.05) is 17.7 Å². The maximum atomic E-state index is 6.15. The lowest BCUT2D eigenvalue weighted by atomic mass is 10.0. The molecule has 1 aromatic carbocycles. The molecule has 0 radical (unpaired) electrons. The average Bonchev–Trinajstić information content (AvgIpc) is 2.61. The number of halogens is 1. The Labute approximate surface area is 153 Å². The first-order valence-corrected chi connectivity index (χ1v) is 8.90. The van der Waals surface area contributed by atoms with Gasteiger partial charge in [0.1, 0.15) is 11.8 Å². The van der Waals surface area contributed by atoms with E-state index in [0.29, 0.717) is 29.9 Å². The first kappa shape index (κ1) is 18.0. The molecule has 134 valence electrons. The molecule has 0 aliphatic carbocycles. The Morgan fingerprint density at radius 1 is 1.24 bits per heavy atom. The number of hydrogen-bond donors (Lipinski definition) is 1. The summed E-state index contributed by atoms with van der Waals surface area (Å²) in [6, 6.07) is 9.46. The molecule has 2 N–H and O–H groups in total. The maximum Gasteiger partial charge on any atom is 0.215 e. The fraction of sp³-hybridized carbons (Fsp3) is 0.421. The first-order valence-electron chi connectivity index (χ1n) is 8.52. The van der Waals surface area contributed by atoms with Crippen LogP contribution in [0.1, 0.15) is 24.8 Å². The summed E-state index contributed by atoms with van der Waals surface area (Å²) < 4.78 is 16.9. The molecule has 1 aromatic heterocycles. The highest BCUT2D eigenvalue weighted by Gasteiger charge is 2.14. The number of aryl methyl sites for hydroxylation is 1. The second-order valence-electron chi connectivity index (χ2n) is 6.11. The predicted octanol–water partition coefficient (Wildman–Crippen LogP) is 4.21. The number of aromatic nitrogens is 1. The molecule has 1 fully saturated rings. The van der Waals surface area contributed by atoms with Crippen molar-refractivity contribution in [1.29, 1.82) is 0 Å². The minimum absolute atomic E-state index is 0.116. The molecule has 1 aliphatic rings. The molecule has 1 saturated heterocycles. The van der Waals surface area contributed by atoms with Crippen molar-refractivity contribution in [3.05, 3.63) is 41.0 Å². The van der Waals surface area contributed by atoms with Crippen LogP contribution in [0, 0.1) is 6.92 Å². The Morgan fingerprint density at radius 2 is 2.12 bits per heavy atom. The number of rotatable bonds is 6. The van der Waals surface area contributed by atoms with Crippen LogP contribution >= 0.6 is 11.6 Å². The summed E-state index contributed by atoms with van der Waals surface area (Å²) in [5, 5.41) is 0.380. The van der Waals surface area contributed by atoms with Crippen molar-refractivity contribution in [3.8, 4) is 17.0 Å². The molecule has 5 nitrogen and oxygen atoms in total. The van der Waals surface area contributed by atoms with Crippen LogP contribution in [-0.4, -0.2) is 31.1 Å². The lowest BCUT2D eigenvalue weighted by Gasteiger charge is -2.22. The summed E-state index contributed by atoms with van der Waals surface area (Å²) >= 11 is 6.15. The maximum absolute atomic E-state index is 6.15. The van der Waals surface area contributed by atoms with E-state index in [9.17, 15) is 0 Å². The molecular weight excluding hydrogens is 340 g/mol. The van der Waals surface area contributed by atoms with Gasteiger partial charge in [-0.2, -0.15) is 0 Å². The van der Waals surface area contributed by atoms with Crippen molar-refractivity contribution >= 4 is 17.3 Å². The second-order valence-corrected chi connectivity index (χ2v) is 6.49. The third-order valence-electron chi connectivity index (χ3n) is 4.12. The molecule has 0 saturated carbocycles. The number of nitrogen functional groups attached to an aromatic ring is 1. The topological polar surface area (TPSA) is 66.6 Å². The van der Waals surface area contributed by atoms with Crippen LogP contribution in [0.3, 0.4) is 0 Å². The standard InChI is InChI=1S/C19H23ClN2O3/c1-13-5-6-15(21)12-16(13)14-10-17(20)22-18(11-14)23-8-9-25-19-4-2-3-7-24-19/h5-6,10-12,19H,2-4,7-9,21H2,1H3. The Kier molecular flexibility index (Phi) is 6.13. The van der Waals surface area contributed by atoms with Gasteiger partial charge in [0.15, 0.2) is 6.29 Å². The number of benzene rings is 1. The van der Waals surface area contributed by atoms with E-state index in [0.717, 1.165) is 42.6 Å². The van der Waals surface area contributed by atoms with Crippen LogP contribution in [0.4, 0.5) is 5.69 Å². The molecule has 1 aliphatic heterocycles. The molecule has 2 heterocycles. The van der Waals surface area contributed by atoms with E-state index >= 15 is 0 Å². The van der Waals surface area contributed by atoms with Gasteiger partial charge in [-0.3, -0.25) is 0 Å². The normalized spacial score (nSPS) is 17.4. The summed E-state index contributed by atoms with van der Waals surface area (Å²) in [6.07, 6.45) is 3.07. The van der Waals surface area contributed by atoms with Crippen molar-refractivity contribution in [2.45, 2.75) is 32.5 Å². The smallest absolute Gasteiger partial charge is 0.215 e. The number of anilines is 1. The van der Waals surface area contributed by atoms with Gasteiger partial charge < -0.3 is 19.9 Å². The number of nitrogens with zero attached hydrogens (tertiary/aromatic N) is 1. The summed E-state index contributed by atoms with van der Waals surface area (Å²) in [5.41, 5.74) is 9.66. The van der Waals surface area contributed by atoms with E-state index in [4.69, 9.17) is 31.5 Å². The monoisotopic (exact) mass is 362 g/mol. The van der Waals surface area contributed by atoms with Crippen LogP contribution in [0.15, 0.2) is 30.3 Å². The first-order chi connectivity index (χ1) is 12.1. The quantitative estimate of drug-likeness (QED) is 0.473. The highest BCUT2D eigenvalue weighted by molar-refractivity contribution is 6.29. The van der Waals surface area contributed by atoms with Crippen molar-refractivity contribution in [3.63, 3.8) is 0 Å². The Balaban J connectivity index is 1.62. The summed E-state index contributed by atoms with van der Waals surface area (Å²) in [6.45, 7) is 3.64. The summed E-state index contributed by atoms with van der Waals surface area (Å²) in [5.74, 6) is 0.470. The molecular formula is C19H23ClN2O3. The third-order valence-corrected chi connectivity index (χ3v) is 4.31. The highest BCUT2D eigenvalue weighted by Crippen LogP contribution is 2.29. The van der Waals surface area contributed by atoms with Gasteiger partial charge in [-0.25, -0.2) is 4.98 Å². The highest BCUT2D eigenvalue weighted by atomic mass is 35.5. The van der Waals surface area contributed by atoms with Crippen molar-refractivity contribution in [1.82, 2.24) is 4.98 Å². The van der Waals surface area contributed by atoms with Crippen molar-refractivity contribution < 1.29 is 14.2 Å². The number of ether oxygens (including phenoxy) is 3. The molecule has 25 heavy (non-hydrogen) atoms. The van der Waals surface area contributed by atoms with Crippen LogP contribution in [0.25, 0.3) is 11.1 Å². The van der Waals surface area contributed by atoms with E-state index in [1.54, 1.807) is 0 Å². The molecule has 2 aromatic rings. The minimum atomic E-state index is -0.116. The van der Waals surface area contributed by atoms with Crippen molar-refractivity contribution in [2.75, 3.05) is 25.6 Å². The van der Waals surface area contributed by atoms with E-state index < -0.39 is 0 Å². The van der Waals surface area contributed by atoms with Gasteiger partial charge in [-0.15, -0.1) is 0 Å². The predicted molar refractivity (Wildman–Crippen MR) is 98.9 cm³/mol. The summed E-state index contributed by atoms with van der Waals surface area (Å²) in [7, 11) is 0. The van der Waals surface area contributed by atoms with Crippen LogP contribution in [-0.2, 0) is 9.47 Å². The van der Waals surface area contributed by atoms with Gasteiger partial charge in [0, 0.05) is 18.4 Å². The van der Waals surface area contributed by atoms with Crippen LogP contribution in [0.5, 0.6) is 5.88 Å². The third kappa shape index (κ3) is 5.08. The lowest BCUT2D eigenvalue weighted by molar-refractivity contribution is -0.165. The SMILES string of the molecule is Cc1ccc(N)cc1-c1cc(Cl)nc(OCCOC2CCCCO2)c1. The average molecular weight is 363 g/mol. The van der Waals surface area contributed by atoms with E-state index in [1.807, 2.05) is 37.3 Å². The summed E-state index contributed by atoms with van der Waals surface area (Å²) in [4.78, 5) is 4.22. The molecule has 1 atom stereocenters. The van der Waals surface area contributed by atoms with Gasteiger partial charge in [0.05, 0.1) is 6.61 Å². The zero-order valence-electron chi connectivity index (χ0n) is 14.3. The van der Waals surface area contributed by atoms with Gasteiger partial charge in [-0.05, 0) is 61.1 Å². The zero-order chi connectivity index (χ0) is 17.6. The van der Waals surface area contributed by atoms with Gasteiger partial charge in [0.25, 0.3) is 0 Å². The molecule has 3 rings (SSSR count). The number of pyridine rings is 1. The largest absolute Gasteiger partial charge is 0.475 e. The Morgan fingerprint density at radius 3 is 2.92 bits per heavy atom. The van der Waals surface area contributed by atoms with Crippen molar-refractivity contribution in [2.24, 2.45) is 0 Å². The molecule has 6 heteroatoms. The second kappa shape index (κ2) is 8.52. The van der Waals surface area contributed by atoms with E-state index in [-0.39, 0.29) is 6.29 Å². The van der Waals surface area contributed by atoms with Crippen LogP contribution < -0.4 is 10.5 Å². The number of nitrogens with two attached hydrogens (primary N) is 1. The number of hydrogen-bond acceptors (Lipinski definition) is 5. The minimum Gasteiger partial charge on any atom is -0.475 e. The molecule has 0 amide bonds. The lowest BCUT2D eigenvalue weighted by Crippen LogP contribution is -2.24. The zero-order valence-corrected chi connectivity index (χ0v) is 15.1. The Hall–Kier alpha value is -1.82.